The maximum absolute atomic E-state index is 14.4. The number of carbonyl (C=O) groups excluding carboxylic acids is 3. The Morgan fingerprint density at radius 2 is 1.75 bits per heavy atom. The standard InChI is InChI=1S/C39H52N5O7P/c1-26-9-14-34-30(19-26)15-18-44(34)24-28-7-6-8-32(29-12-10-27(11-13-29)25-52(2,50)51)33(21-36(46)47)37(48)43-39(16-4-3-5-17-39)38(49)42-31(20-35(40)45)23-41-22-28/h6,8-15,18-19,28,31-33,41H,3-5,7,16-17,20-25H2,1-2H3,(H2,40,45)(H,42,49)(H,43,48)(H,46,47)(H,50,51)/b8-6+/t28-,31+,32-,33+/m1/s1. The molecule has 1 aromatic heterocycles. The van der Waals surface area contributed by atoms with Crippen molar-refractivity contribution < 1.29 is 33.7 Å². The largest absolute Gasteiger partial charge is 0.481 e. The Bertz CT molecular complexity index is 1830. The Labute approximate surface area is 305 Å². The van der Waals surface area contributed by atoms with Crippen LogP contribution in [0.25, 0.3) is 10.9 Å². The number of rotatable bonds is 9. The molecule has 1 spiro atoms. The Morgan fingerprint density at radius 1 is 1.02 bits per heavy atom. The number of benzene rings is 2. The minimum atomic E-state index is -3.33. The predicted octanol–water partition coefficient (Wildman–Crippen LogP) is 4.57. The van der Waals surface area contributed by atoms with Crippen LogP contribution in [0.15, 0.2) is 66.9 Å². The van der Waals surface area contributed by atoms with Gasteiger partial charge in [0, 0.05) is 56.5 Å². The number of allylic oxidation sites excluding steroid dienone is 2. The number of amides is 3. The first-order valence-electron chi connectivity index (χ1n) is 18.2. The average Bonchev–Trinajstić information content (AvgIpc) is 3.46. The van der Waals surface area contributed by atoms with Gasteiger partial charge in [0.15, 0.2) is 0 Å². The normalized spacial score (nSPS) is 24.9. The first kappa shape index (κ1) is 39.0. The molecule has 1 aliphatic carbocycles. The summed E-state index contributed by atoms with van der Waals surface area (Å²) in [6.07, 6.45) is 8.99. The van der Waals surface area contributed by atoms with Gasteiger partial charge in [-0.15, -0.1) is 0 Å². The van der Waals surface area contributed by atoms with E-state index in [1.165, 1.54) is 12.2 Å². The summed E-state index contributed by atoms with van der Waals surface area (Å²) >= 11 is 0. The van der Waals surface area contributed by atoms with E-state index in [0.29, 0.717) is 62.9 Å². The molecule has 5 atom stereocenters. The highest BCUT2D eigenvalue weighted by molar-refractivity contribution is 7.56. The lowest BCUT2D eigenvalue weighted by molar-refractivity contribution is -0.143. The zero-order chi connectivity index (χ0) is 37.5. The van der Waals surface area contributed by atoms with Crippen molar-refractivity contribution in [1.82, 2.24) is 20.5 Å². The van der Waals surface area contributed by atoms with Crippen LogP contribution in [0, 0.1) is 18.8 Å². The smallest absolute Gasteiger partial charge is 0.304 e. The van der Waals surface area contributed by atoms with Gasteiger partial charge in [0.25, 0.3) is 0 Å². The Balaban J connectivity index is 1.55. The Morgan fingerprint density at radius 3 is 2.42 bits per heavy atom. The number of carboxylic acid groups (broad SMARTS) is 1. The summed E-state index contributed by atoms with van der Waals surface area (Å²) in [5.41, 5.74) is 7.93. The van der Waals surface area contributed by atoms with Gasteiger partial charge in [-0.05, 0) is 66.8 Å². The molecule has 1 unspecified atom stereocenters. The van der Waals surface area contributed by atoms with Crippen LogP contribution in [-0.2, 0) is 36.4 Å². The molecule has 280 valence electrons. The fourth-order valence-corrected chi connectivity index (χ4v) is 8.61. The van der Waals surface area contributed by atoms with E-state index in [2.05, 4.69) is 57.9 Å². The van der Waals surface area contributed by atoms with Gasteiger partial charge in [-0.2, -0.15) is 0 Å². The number of hydrogen-bond donors (Lipinski definition) is 6. The molecule has 13 heteroatoms. The summed E-state index contributed by atoms with van der Waals surface area (Å²) in [7, 11) is -3.33. The highest BCUT2D eigenvalue weighted by atomic mass is 31.2. The summed E-state index contributed by atoms with van der Waals surface area (Å²) < 4.78 is 14.3. The molecule has 1 aliphatic heterocycles. The average molecular weight is 734 g/mol. The zero-order valence-corrected chi connectivity index (χ0v) is 30.9. The maximum atomic E-state index is 14.4. The highest BCUT2D eigenvalue weighted by Gasteiger charge is 2.44. The van der Waals surface area contributed by atoms with Crippen LogP contribution in [0.5, 0.6) is 0 Å². The van der Waals surface area contributed by atoms with Crippen LogP contribution in [0.3, 0.4) is 0 Å². The molecule has 2 aromatic carbocycles. The molecule has 2 aliphatic rings. The van der Waals surface area contributed by atoms with Gasteiger partial charge >= 0.3 is 5.97 Å². The second-order valence-corrected chi connectivity index (χ2v) is 17.3. The number of aromatic nitrogens is 1. The molecule has 7 N–H and O–H groups in total. The number of nitrogens with zero attached hydrogens (tertiary/aromatic N) is 1. The minimum Gasteiger partial charge on any atom is -0.481 e. The van der Waals surface area contributed by atoms with Crippen LogP contribution in [-0.4, -0.2) is 69.6 Å². The predicted molar refractivity (Wildman–Crippen MR) is 201 cm³/mol. The van der Waals surface area contributed by atoms with Crippen LogP contribution in [0.4, 0.5) is 0 Å². The molecule has 1 fully saturated rings. The van der Waals surface area contributed by atoms with Gasteiger partial charge in [0.05, 0.1) is 18.4 Å². The van der Waals surface area contributed by atoms with Crippen LogP contribution in [0.2, 0.25) is 0 Å². The van der Waals surface area contributed by atoms with Gasteiger partial charge in [0.1, 0.15) is 5.54 Å². The monoisotopic (exact) mass is 733 g/mol. The van der Waals surface area contributed by atoms with E-state index in [1.807, 2.05) is 12.2 Å². The van der Waals surface area contributed by atoms with E-state index in [1.54, 1.807) is 24.3 Å². The number of aliphatic carboxylic acids is 1. The lowest BCUT2D eigenvalue weighted by Gasteiger charge is -2.39. The van der Waals surface area contributed by atoms with Gasteiger partial charge < -0.3 is 36.3 Å². The van der Waals surface area contributed by atoms with E-state index in [4.69, 9.17) is 5.73 Å². The van der Waals surface area contributed by atoms with Crippen molar-refractivity contribution in [1.29, 1.82) is 0 Å². The van der Waals surface area contributed by atoms with E-state index in [-0.39, 0.29) is 18.5 Å². The molecule has 52 heavy (non-hydrogen) atoms. The molecule has 0 saturated heterocycles. The third kappa shape index (κ3) is 10.4. The molecular weight excluding hydrogens is 681 g/mol. The number of hydrogen-bond acceptors (Lipinski definition) is 6. The summed E-state index contributed by atoms with van der Waals surface area (Å²) in [5, 5.41) is 20.7. The minimum absolute atomic E-state index is 0.0104. The van der Waals surface area contributed by atoms with Gasteiger partial charge in [-0.3, -0.25) is 23.7 Å². The fraction of sp³-hybridized carbons (Fsp3) is 0.487. The van der Waals surface area contributed by atoms with Crippen molar-refractivity contribution in [2.75, 3.05) is 19.8 Å². The number of carbonyl (C=O) groups is 4. The molecule has 3 aromatic rings. The maximum Gasteiger partial charge on any atom is 0.304 e. The Kier molecular flexibility index (Phi) is 12.8. The fourth-order valence-electron chi connectivity index (χ4n) is 7.72. The van der Waals surface area contributed by atoms with Crippen LogP contribution < -0.4 is 21.7 Å². The van der Waals surface area contributed by atoms with Gasteiger partial charge in [-0.1, -0.05) is 67.3 Å². The number of nitrogens with two attached hydrogens (primary N) is 1. The van der Waals surface area contributed by atoms with Crippen molar-refractivity contribution >= 4 is 42.0 Å². The van der Waals surface area contributed by atoms with E-state index in [9.17, 15) is 33.7 Å². The molecule has 5 rings (SSSR count). The number of carboxylic acids is 1. The molecule has 0 radical (unpaired) electrons. The summed E-state index contributed by atoms with van der Waals surface area (Å²) in [5.74, 6) is -4.37. The number of fused-ring (bicyclic) bond motifs is 1. The second-order valence-electron chi connectivity index (χ2n) is 14.9. The summed E-state index contributed by atoms with van der Waals surface area (Å²) in [4.78, 5) is 63.0. The van der Waals surface area contributed by atoms with Crippen LogP contribution >= 0.6 is 7.37 Å². The van der Waals surface area contributed by atoms with Crippen molar-refractivity contribution in [2.45, 2.75) is 88.5 Å². The second kappa shape index (κ2) is 17.1. The van der Waals surface area contributed by atoms with Crippen molar-refractivity contribution in [3.8, 4) is 0 Å². The first-order chi connectivity index (χ1) is 24.7. The van der Waals surface area contributed by atoms with E-state index >= 15 is 0 Å². The number of primary amides is 1. The molecule has 3 amide bonds. The molecule has 0 bridgehead atoms. The van der Waals surface area contributed by atoms with E-state index < -0.39 is 60.9 Å². The molecular formula is C39H52N5O7P. The summed E-state index contributed by atoms with van der Waals surface area (Å²) in [6, 6.07) is 14.8. The number of aryl methyl sites for hydroxylation is 1. The van der Waals surface area contributed by atoms with Crippen molar-refractivity contribution in [3.05, 3.63) is 83.6 Å². The third-order valence-electron chi connectivity index (χ3n) is 10.3. The third-order valence-corrected chi connectivity index (χ3v) is 11.3. The lowest BCUT2D eigenvalue weighted by atomic mass is 9.78. The van der Waals surface area contributed by atoms with E-state index in [0.717, 1.165) is 17.3 Å². The van der Waals surface area contributed by atoms with Gasteiger partial charge in [0.2, 0.25) is 25.1 Å². The summed E-state index contributed by atoms with van der Waals surface area (Å²) in [6.45, 7) is 4.84. The first-order valence-corrected chi connectivity index (χ1v) is 20.4. The molecule has 12 nitrogen and oxygen atoms in total. The van der Waals surface area contributed by atoms with Crippen LogP contribution in [0.1, 0.15) is 74.0 Å². The van der Waals surface area contributed by atoms with Crippen molar-refractivity contribution in [2.24, 2.45) is 17.6 Å². The quantitative estimate of drug-likeness (QED) is 0.136. The molecule has 2 heterocycles. The number of nitrogens with one attached hydrogen (secondary N) is 3. The highest BCUT2D eigenvalue weighted by Crippen LogP contribution is 2.40. The lowest BCUT2D eigenvalue weighted by Crippen LogP contribution is -2.63. The molecule has 1 saturated carbocycles. The van der Waals surface area contributed by atoms with Gasteiger partial charge in [-0.25, -0.2) is 0 Å². The van der Waals surface area contributed by atoms with Crippen molar-refractivity contribution in [3.63, 3.8) is 0 Å². The Hall–Kier alpha value is -4.25. The topological polar surface area (TPSA) is 193 Å². The SMILES string of the molecule is Cc1ccc2c(ccn2C[C@@H]2C/C=C/[C@H](c3ccc(CP(C)(=O)O)cc3)[C@H](CC(=O)O)C(=O)NC3(CCCCC3)C(=O)N[C@@H](CC(N)=O)CNC2)c1. The zero-order valence-electron chi connectivity index (χ0n) is 30.1.